The van der Waals surface area contributed by atoms with E-state index in [0.29, 0.717) is 18.8 Å². The van der Waals surface area contributed by atoms with Crippen molar-refractivity contribution in [3.63, 3.8) is 0 Å². The number of esters is 1. The van der Waals surface area contributed by atoms with Gasteiger partial charge in [-0.2, -0.15) is 0 Å². The Morgan fingerprint density at radius 1 is 1.04 bits per heavy atom. The van der Waals surface area contributed by atoms with Crippen LogP contribution in [0.5, 0.6) is 0 Å². The largest absolute Gasteiger partial charge is 0.456 e. The fraction of sp³-hybridized carbons (Fsp3) is 0.842. The van der Waals surface area contributed by atoms with Gasteiger partial charge in [0, 0.05) is 16.9 Å². The Kier molecular flexibility index (Phi) is 3.40. The maximum atomic E-state index is 11.9. The van der Waals surface area contributed by atoms with Gasteiger partial charge in [0.1, 0.15) is 5.60 Å². The Labute approximate surface area is 138 Å². The molecule has 2 atom stereocenters. The highest BCUT2D eigenvalue weighted by atomic mass is 16.6. The summed E-state index contributed by atoms with van der Waals surface area (Å²) in [5.41, 5.74) is -2.93. The highest BCUT2D eigenvalue weighted by Crippen LogP contribution is 2.72. The molecule has 0 aromatic rings. The molecule has 0 saturated heterocycles. The molecule has 2 N–H and O–H groups in total. The molecule has 0 amide bonds. The number of rotatable bonds is 4. The Hall–Kier alpha value is -0.870. The predicted octanol–water partition coefficient (Wildman–Crippen LogP) is 2.97. The first-order valence-electron chi connectivity index (χ1n) is 8.66. The highest BCUT2D eigenvalue weighted by molar-refractivity contribution is 5.81. The molecule has 4 heteroatoms. The number of carbonyl (C=O) groups is 1. The van der Waals surface area contributed by atoms with Gasteiger partial charge >= 0.3 is 5.97 Å². The average Bonchev–Trinajstić information content (AvgIpc) is 2.33. The SMILES string of the molecule is C=CC(=O)OC12CC3CC(C(C)(C)O)(C1)CC(C(C)(C)O)(C3)C2. The van der Waals surface area contributed by atoms with E-state index in [1.807, 2.05) is 27.7 Å². The Bertz CT molecular complexity index is 507. The molecule has 2 unspecified atom stereocenters. The molecule has 4 nitrogen and oxygen atoms in total. The maximum absolute atomic E-state index is 11.9. The fourth-order valence-corrected chi connectivity index (χ4v) is 6.08. The summed E-state index contributed by atoms with van der Waals surface area (Å²) >= 11 is 0. The molecule has 0 spiro atoms. The maximum Gasteiger partial charge on any atom is 0.330 e. The smallest absolute Gasteiger partial charge is 0.330 e. The van der Waals surface area contributed by atoms with Crippen molar-refractivity contribution in [2.45, 2.75) is 83.0 Å². The third-order valence-corrected chi connectivity index (χ3v) is 7.10. The molecule has 4 rings (SSSR count). The zero-order chi connectivity index (χ0) is 17.3. The predicted molar refractivity (Wildman–Crippen MR) is 87.7 cm³/mol. The van der Waals surface area contributed by atoms with E-state index in [1.165, 1.54) is 6.08 Å². The van der Waals surface area contributed by atoms with Crippen LogP contribution in [0.2, 0.25) is 0 Å². The summed E-state index contributed by atoms with van der Waals surface area (Å²) in [4.78, 5) is 11.9. The van der Waals surface area contributed by atoms with Crippen LogP contribution in [-0.2, 0) is 9.53 Å². The molecule has 0 aromatic heterocycles. The molecule has 23 heavy (non-hydrogen) atoms. The van der Waals surface area contributed by atoms with E-state index in [9.17, 15) is 15.0 Å². The number of hydrogen-bond donors (Lipinski definition) is 2. The van der Waals surface area contributed by atoms with E-state index in [-0.39, 0.29) is 10.8 Å². The molecule has 0 aromatic carbocycles. The Morgan fingerprint density at radius 2 is 1.52 bits per heavy atom. The van der Waals surface area contributed by atoms with Gasteiger partial charge in [0.15, 0.2) is 0 Å². The summed E-state index contributed by atoms with van der Waals surface area (Å²) < 4.78 is 5.86. The van der Waals surface area contributed by atoms with Crippen LogP contribution in [0.1, 0.15) is 66.2 Å². The van der Waals surface area contributed by atoms with Gasteiger partial charge in [-0.05, 0) is 72.1 Å². The number of aliphatic hydroxyl groups is 2. The van der Waals surface area contributed by atoms with Crippen molar-refractivity contribution in [2.24, 2.45) is 16.7 Å². The van der Waals surface area contributed by atoms with Crippen LogP contribution in [0.4, 0.5) is 0 Å². The molecule has 4 fully saturated rings. The lowest BCUT2D eigenvalue weighted by atomic mass is 9.37. The van der Waals surface area contributed by atoms with Crippen molar-refractivity contribution in [3.05, 3.63) is 12.7 Å². The zero-order valence-corrected chi connectivity index (χ0v) is 14.8. The summed E-state index contributed by atoms with van der Waals surface area (Å²) in [7, 11) is 0. The number of ether oxygens (including phenoxy) is 1. The molecule has 4 aliphatic carbocycles. The summed E-state index contributed by atoms with van der Waals surface area (Å²) in [5, 5.41) is 21.9. The lowest BCUT2D eigenvalue weighted by Crippen LogP contribution is -2.70. The van der Waals surface area contributed by atoms with Crippen LogP contribution in [0.15, 0.2) is 12.7 Å². The minimum atomic E-state index is -0.866. The van der Waals surface area contributed by atoms with Crippen molar-refractivity contribution in [3.8, 4) is 0 Å². The van der Waals surface area contributed by atoms with Gasteiger partial charge in [-0.1, -0.05) is 6.58 Å². The van der Waals surface area contributed by atoms with Gasteiger partial charge in [0.05, 0.1) is 11.2 Å². The summed E-state index contributed by atoms with van der Waals surface area (Å²) in [6.45, 7) is 11.0. The normalized spacial score (nSPS) is 42.6. The second-order valence-corrected chi connectivity index (χ2v) is 9.50. The fourth-order valence-electron chi connectivity index (χ4n) is 6.08. The lowest BCUT2D eigenvalue weighted by molar-refractivity contribution is -0.284. The second-order valence-electron chi connectivity index (χ2n) is 9.50. The van der Waals surface area contributed by atoms with Gasteiger partial charge in [-0.15, -0.1) is 0 Å². The van der Waals surface area contributed by atoms with Gasteiger partial charge in [-0.25, -0.2) is 4.79 Å². The van der Waals surface area contributed by atoms with Crippen molar-refractivity contribution in [1.29, 1.82) is 0 Å². The second kappa shape index (κ2) is 4.60. The molecule has 130 valence electrons. The van der Waals surface area contributed by atoms with Gasteiger partial charge in [-0.3, -0.25) is 0 Å². The molecular formula is C19H30O4. The number of hydrogen-bond acceptors (Lipinski definition) is 4. The molecule has 0 heterocycles. The molecular weight excluding hydrogens is 292 g/mol. The molecule has 0 aliphatic heterocycles. The van der Waals surface area contributed by atoms with E-state index in [0.717, 1.165) is 25.7 Å². The highest BCUT2D eigenvalue weighted by Gasteiger charge is 2.70. The minimum Gasteiger partial charge on any atom is -0.456 e. The topological polar surface area (TPSA) is 66.8 Å². The van der Waals surface area contributed by atoms with Crippen LogP contribution in [0, 0.1) is 16.7 Å². The van der Waals surface area contributed by atoms with E-state index in [4.69, 9.17) is 4.74 Å². The van der Waals surface area contributed by atoms with E-state index in [2.05, 4.69) is 6.58 Å². The van der Waals surface area contributed by atoms with E-state index < -0.39 is 22.8 Å². The summed E-state index contributed by atoms with van der Waals surface area (Å²) in [6, 6.07) is 0. The van der Waals surface area contributed by atoms with Crippen LogP contribution in [0.3, 0.4) is 0 Å². The van der Waals surface area contributed by atoms with Crippen LogP contribution >= 0.6 is 0 Å². The van der Waals surface area contributed by atoms with Gasteiger partial charge in [0.25, 0.3) is 0 Å². The van der Waals surface area contributed by atoms with Crippen LogP contribution in [-0.4, -0.2) is 33.0 Å². The van der Waals surface area contributed by atoms with Crippen LogP contribution in [0.25, 0.3) is 0 Å². The number of carbonyl (C=O) groups excluding carboxylic acids is 1. The van der Waals surface area contributed by atoms with Crippen LogP contribution < -0.4 is 0 Å². The molecule has 0 radical (unpaired) electrons. The van der Waals surface area contributed by atoms with Crippen molar-refractivity contribution in [1.82, 2.24) is 0 Å². The summed E-state index contributed by atoms with van der Waals surface area (Å²) in [5.74, 6) is -0.0227. The first-order chi connectivity index (χ1) is 10.4. The molecule has 4 aliphatic rings. The third-order valence-electron chi connectivity index (χ3n) is 7.10. The molecule has 4 bridgehead atoms. The monoisotopic (exact) mass is 322 g/mol. The lowest BCUT2D eigenvalue weighted by Gasteiger charge is -2.70. The quantitative estimate of drug-likeness (QED) is 0.617. The Morgan fingerprint density at radius 3 is 1.91 bits per heavy atom. The van der Waals surface area contributed by atoms with Gasteiger partial charge < -0.3 is 14.9 Å². The van der Waals surface area contributed by atoms with E-state index >= 15 is 0 Å². The standard InChI is InChI=1S/C19H30O4/c1-6-14(20)23-19-9-13-7-17(11-19,15(2,3)21)10-18(8-13,12-19)16(4,5)22/h6,13,21-22H,1,7-12H2,2-5H3. The van der Waals surface area contributed by atoms with Gasteiger partial charge in [0.2, 0.25) is 0 Å². The summed E-state index contributed by atoms with van der Waals surface area (Å²) in [6.07, 6.45) is 6.09. The van der Waals surface area contributed by atoms with E-state index in [1.54, 1.807) is 0 Å². The average molecular weight is 322 g/mol. The molecule has 4 saturated carbocycles. The third kappa shape index (κ3) is 2.37. The first-order valence-corrected chi connectivity index (χ1v) is 8.66. The first kappa shape index (κ1) is 17.0. The van der Waals surface area contributed by atoms with Crippen molar-refractivity contribution < 1.29 is 19.7 Å². The zero-order valence-electron chi connectivity index (χ0n) is 14.8. The Balaban J connectivity index is 2.09. The minimum absolute atomic E-state index is 0.312. The van der Waals surface area contributed by atoms with Crippen molar-refractivity contribution >= 4 is 5.97 Å². The van der Waals surface area contributed by atoms with Crippen molar-refractivity contribution in [2.75, 3.05) is 0 Å².